The number of rotatable bonds is 2. The first-order valence-electron chi connectivity index (χ1n) is 5.40. The number of hydrogen-bond donors (Lipinski definition) is 2. The van der Waals surface area contributed by atoms with E-state index in [1.165, 1.54) is 0 Å². The first kappa shape index (κ1) is 11.1. The molecule has 2 N–H and O–H groups in total. The number of fused-ring (bicyclic) bond motifs is 1. The van der Waals surface area contributed by atoms with Gasteiger partial charge in [0.2, 0.25) is 17.7 Å². The van der Waals surface area contributed by atoms with Crippen LogP contribution in [0.4, 0.5) is 0 Å². The minimum absolute atomic E-state index is 0.0203. The summed E-state index contributed by atoms with van der Waals surface area (Å²) in [6, 6.07) is 0. The summed E-state index contributed by atoms with van der Waals surface area (Å²) in [6.45, 7) is 1.19. The molecule has 3 amide bonds. The maximum Gasteiger partial charge on any atom is 0.236 e. The predicted octanol–water partition coefficient (Wildman–Crippen LogP) is -1.67. The van der Waals surface area contributed by atoms with E-state index in [0.717, 1.165) is 0 Å². The van der Waals surface area contributed by atoms with Crippen LogP contribution < -0.4 is 10.6 Å². The molecule has 0 aromatic carbocycles. The fourth-order valence-electron chi connectivity index (χ4n) is 2.33. The average Bonchev–Trinajstić information content (AvgIpc) is 2.55. The van der Waals surface area contributed by atoms with Crippen molar-refractivity contribution in [1.82, 2.24) is 15.5 Å². The van der Waals surface area contributed by atoms with Gasteiger partial charge in [-0.15, -0.1) is 0 Å². The van der Waals surface area contributed by atoms with E-state index in [-0.39, 0.29) is 36.1 Å². The number of piperidine rings is 1. The molecule has 16 heavy (non-hydrogen) atoms. The molecule has 0 radical (unpaired) electrons. The van der Waals surface area contributed by atoms with Crippen LogP contribution in [-0.4, -0.2) is 49.3 Å². The zero-order valence-electron chi connectivity index (χ0n) is 9.16. The van der Waals surface area contributed by atoms with Crippen molar-refractivity contribution in [2.45, 2.75) is 6.42 Å². The zero-order valence-corrected chi connectivity index (χ0v) is 9.16. The molecule has 2 saturated heterocycles. The van der Waals surface area contributed by atoms with E-state index >= 15 is 0 Å². The fraction of sp³-hybridized carbons (Fsp3) is 0.700. The summed E-state index contributed by atoms with van der Waals surface area (Å²) in [6.07, 6.45) is 0.581. The summed E-state index contributed by atoms with van der Waals surface area (Å²) in [5.41, 5.74) is 0. The van der Waals surface area contributed by atoms with Gasteiger partial charge in [0, 0.05) is 13.1 Å². The number of likely N-dealkylation sites (tertiary alicyclic amines) is 1. The van der Waals surface area contributed by atoms with Crippen molar-refractivity contribution in [1.29, 1.82) is 0 Å². The van der Waals surface area contributed by atoms with E-state index < -0.39 is 0 Å². The van der Waals surface area contributed by atoms with Crippen LogP contribution in [0.5, 0.6) is 0 Å². The molecule has 88 valence electrons. The lowest BCUT2D eigenvalue weighted by Gasteiger charge is -2.32. The Bertz CT molecular complexity index is 342. The quantitative estimate of drug-likeness (QED) is 0.551. The largest absolute Gasteiger partial charge is 0.341 e. The molecule has 0 aliphatic carbocycles. The number of imide groups is 1. The molecule has 0 spiro atoms. The Morgan fingerprint density at radius 3 is 2.81 bits per heavy atom. The molecule has 6 nitrogen and oxygen atoms in total. The lowest BCUT2D eigenvalue weighted by molar-refractivity contribution is -0.135. The molecule has 2 atom stereocenters. The molecule has 0 unspecified atom stereocenters. The van der Waals surface area contributed by atoms with Crippen LogP contribution in [0.2, 0.25) is 0 Å². The van der Waals surface area contributed by atoms with Gasteiger partial charge in [-0.1, -0.05) is 0 Å². The Morgan fingerprint density at radius 2 is 2.12 bits per heavy atom. The second-order valence-corrected chi connectivity index (χ2v) is 4.23. The van der Waals surface area contributed by atoms with Crippen LogP contribution in [0.3, 0.4) is 0 Å². The van der Waals surface area contributed by atoms with Gasteiger partial charge in [0.25, 0.3) is 0 Å². The maximum atomic E-state index is 11.6. The van der Waals surface area contributed by atoms with Gasteiger partial charge in [-0.2, -0.15) is 0 Å². The molecule has 2 fully saturated rings. The van der Waals surface area contributed by atoms with Gasteiger partial charge in [-0.3, -0.25) is 19.7 Å². The van der Waals surface area contributed by atoms with Crippen LogP contribution in [0.1, 0.15) is 6.42 Å². The van der Waals surface area contributed by atoms with Crippen molar-refractivity contribution in [3.8, 4) is 0 Å². The lowest BCUT2D eigenvalue weighted by atomic mass is 9.88. The highest BCUT2D eigenvalue weighted by molar-refractivity contribution is 6.05. The van der Waals surface area contributed by atoms with Crippen molar-refractivity contribution in [3.63, 3.8) is 0 Å². The summed E-state index contributed by atoms with van der Waals surface area (Å²) in [4.78, 5) is 36.1. The van der Waals surface area contributed by atoms with Crippen LogP contribution in [-0.2, 0) is 14.4 Å². The summed E-state index contributed by atoms with van der Waals surface area (Å²) >= 11 is 0. The molecule has 0 aromatic rings. The predicted molar refractivity (Wildman–Crippen MR) is 55.3 cm³/mol. The standard InChI is InChI=1S/C10H15N3O3/c1-11-4-8(14)13-3-2-6-7(5-13)10(16)12-9(6)15/h6-7,11H,2-5H2,1H3,(H,12,15,16)/t6-,7+/m1/s1. The molecular weight excluding hydrogens is 210 g/mol. The van der Waals surface area contributed by atoms with E-state index in [0.29, 0.717) is 19.5 Å². The topological polar surface area (TPSA) is 78.5 Å². The van der Waals surface area contributed by atoms with Crippen LogP contribution in [0.15, 0.2) is 0 Å². The summed E-state index contributed by atoms with van der Waals surface area (Å²) in [5, 5.41) is 5.10. The average molecular weight is 225 g/mol. The first-order valence-corrected chi connectivity index (χ1v) is 5.40. The molecule has 2 aliphatic rings. The highest BCUT2D eigenvalue weighted by atomic mass is 16.2. The van der Waals surface area contributed by atoms with Crippen LogP contribution in [0, 0.1) is 11.8 Å². The molecule has 2 rings (SSSR count). The Labute approximate surface area is 93.4 Å². The van der Waals surface area contributed by atoms with Crippen molar-refractivity contribution in [2.24, 2.45) is 11.8 Å². The van der Waals surface area contributed by atoms with E-state index in [1.807, 2.05) is 0 Å². The van der Waals surface area contributed by atoms with Crippen LogP contribution in [0.25, 0.3) is 0 Å². The third-order valence-electron chi connectivity index (χ3n) is 3.21. The van der Waals surface area contributed by atoms with Crippen LogP contribution >= 0.6 is 0 Å². The van der Waals surface area contributed by atoms with E-state index in [1.54, 1.807) is 11.9 Å². The van der Waals surface area contributed by atoms with Gasteiger partial charge >= 0.3 is 0 Å². The zero-order chi connectivity index (χ0) is 11.7. The monoisotopic (exact) mass is 225 g/mol. The second-order valence-electron chi connectivity index (χ2n) is 4.23. The summed E-state index contributed by atoms with van der Waals surface area (Å²) < 4.78 is 0. The molecule has 0 bridgehead atoms. The first-order chi connectivity index (χ1) is 7.63. The van der Waals surface area contributed by atoms with E-state index in [9.17, 15) is 14.4 Å². The summed E-state index contributed by atoms with van der Waals surface area (Å²) in [5.74, 6) is -1.02. The molecule has 2 heterocycles. The minimum atomic E-state index is -0.345. The number of nitrogens with zero attached hydrogens (tertiary/aromatic N) is 1. The van der Waals surface area contributed by atoms with Gasteiger partial charge in [-0.25, -0.2) is 0 Å². The van der Waals surface area contributed by atoms with Gasteiger partial charge < -0.3 is 10.2 Å². The van der Waals surface area contributed by atoms with Gasteiger partial charge in [0.05, 0.1) is 18.4 Å². The molecular formula is C10H15N3O3. The van der Waals surface area contributed by atoms with Gasteiger partial charge in [-0.05, 0) is 13.5 Å². The summed E-state index contributed by atoms with van der Waals surface area (Å²) in [7, 11) is 1.70. The number of likely N-dealkylation sites (N-methyl/N-ethyl adjacent to an activating group) is 1. The van der Waals surface area contributed by atoms with Crippen molar-refractivity contribution < 1.29 is 14.4 Å². The number of carbonyl (C=O) groups excluding carboxylic acids is 3. The van der Waals surface area contributed by atoms with Crippen molar-refractivity contribution in [3.05, 3.63) is 0 Å². The fourth-order valence-corrected chi connectivity index (χ4v) is 2.33. The molecule has 0 aromatic heterocycles. The van der Waals surface area contributed by atoms with Crippen molar-refractivity contribution >= 4 is 17.7 Å². The number of nitrogens with one attached hydrogen (secondary N) is 2. The maximum absolute atomic E-state index is 11.6. The molecule has 0 saturated carbocycles. The van der Waals surface area contributed by atoms with E-state index in [2.05, 4.69) is 10.6 Å². The van der Waals surface area contributed by atoms with Gasteiger partial charge in [0.15, 0.2) is 0 Å². The lowest BCUT2D eigenvalue weighted by Crippen LogP contribution is -2.47. The third-order valence-corrected chi connectivity index (χ3v) is 3.21. The molecule has 6 heteroatoms. The van der Waals surface area contributed by atoms with Gasteiger partial charge in [0.1, 0.15) is 0 Å². The number of hydrogen-bond acceptors (Lipinski definition) is 4. The minimum Gasteiger partial charge on any atom is -0.341 e. The number of carbonyl (C=O) groups is 3. The van der Waals surface area contributed by atoms with Crippen molar-refractivity contribution in [2.75, 3.05) is 26.7 Å². The highest BCUT2D eigenvalue weighted by Gasteiger charge is 2.45. The Morgan fingerprint density at radius 1 is 1.44 bits per heavy atom. The Kier molecular flexibility index (Phi) is 2.91. The smallest absolute Gasteiger partial charge is 0.236 e. The normalized spacial score (nSPS) is 28.9. The SMILES string of the molecule is CNCC(=O)N1CC[C@H]2C(=O)NC(=O)[C@H]2C1. The number of amides is 3. The molecule has 2 aliphatic heterocycles. The Hall–Kier alpha value is -1.43. The Balaban J connectivity index is 2.02. The van der Waals surface area contributed by atoms with E-state index in [4.69, 9.17) is 0 Å². The third kappa shape index (κ3) is 1.80. The second kappa shape index (κ2) is 4.21. The highest BCUT2D eigenvalue weighted by Crippen LogP contribution is 2.28.